The Labute approximate surface area is 121 Å². The van der Waals surface area contributed by atoms with E-state index < -0.39 is 0 Å². The molecule has 76 valence electrons. The normalized spacial score (nSPS) is 10.3. The Kier molecular flexibility index (Phi) is 3.90. The standard InChI is InChI=1S/C12H7ClI2/c13-10-6-3-5-9(12(10)15)8-4-1-2-7-11(8)14/h1-7H. The third-order valence-electron chi connectivity index (χ3n) is 2.12. The highest BCUT2D eigenvalue weighted by atomic mass is 127. The van der Waals surface area contributed by atoms with E-state index in [0.29, 0.717) is 0 Å². The number of hydrogen-bond acceptors (Lipinski definition) is 0. The lowest BCUT2D eigenvalue weighted by atomic mass is 10.1. The van der Waals surface area contributed by atoms with Crippen LogP contribution in [0.3, 0.4) is 0 Å². The summed E-state index contributed by atoms with van der Waals surface area (Å²) in [6.45, 7) is 0. The summed E-state index contributed by atoms with van der Waals surface area (Å²) in [5.41, 5.74) is 2.44. The Balaban J connectivity index is 2.65. The average Bonchev–Trinajstić information content (AvgIpc) is 2.23. The Morgan fingerprint density at radius 3 is 2.20 bits per heavy atom. The van der Waals surface area contributed by atoms with Crippen molar-refractivity contribution < 1.29 is 0 Å². The minimum Gasteiger partial charge on any atom is -0.0832 e. The molecule has 0 aromatic heterocycles. The maximum Gasteiger partial charge on any atom is 0.0545 e. The summed E-state index contributed by atoms with van der Waals surface area (Å²) in [7, 11) is 0. The molecule has 0 N–H and O–H groups in total. The minimum atomic E-state index is 0.813. The van der Waals surface area contributed by atoms with E-state index in [1.54, 1.807) is 0 Å². The number of hydrogen-bond donors (Lipinski definition) is 0. The Bertz CT molecular complexity index is 495. The lowest BCUT2D eigenvalue weighted by Gasteiger charge is -2.08. The first-order valence-electron chi connectivity index (χ1n) is 4.39. The summed E-state index contributed by atoms with van der Waals surface area (Å²) in [6.07, 6.45) is 0. The molecule has 0 saturated heterocycles. The summed E-state index contributed by atoms with van der Waals surface area (Å²) in [6, 6.07) is 14.3. The maximum absolute atomic E-state index is 6.11. The van der Waals surface area contributed by atoms with Crippen LogP contribution in [-0.2, 0) is 0 Å². The molecule has 0 aliphatic carbocycles. The van der Waals surface area contributed by atoms with Gasteiger partial charge in [-0.25, -0.2) is 0 Å². The topological polar surface area (TPSA) is 0 Å². The second kappa shape index (κ2) is 5.01. The molecule has 2 rings (SSSR count). The molecule has 2 aromatic carbocycles. The highest BCUT2D eigenvalue weighted by molar-refractivity contribution is 14.1. The predicted molar refractivity (Wildman–Crippen MR) is 82.3 cm³/mol. The molecule has 0 radical (unpaired) electrons. The van der Waals surface area contributed by atoms with Gasteiger partial charge in [0, 0.05) is 7.14 Å². The molecule has 0 bridgehead atoms. The first-order valence-corrected chi connectivity index (χ1v) is 6.92. The first kappa shape index (κ1) is 11.7. The van der Waals surface area contributed by atoms with E-state index >= 15 is 0 Å². The van der Waals surface area contributed by atoms with Crippen molar-refractivity contribution in [3.63, 3.8) is 0 Å². The number of benzene rings is 2. The van der Waals surface area contributed by atoms with Gasteiger partial charge in [-0.05, 0) is 68.4 Å². The molecule has 0 saturated carbocycles. The van der Waals surface area contributed by atoms with Crippen LogP contribution in [0.15, 0.2) is 42.5 Å². The molecule has 2 aromatic rings. The summed E-state index contributed by atoms with van der Waals surface area (Å²) in [4.78, 5) is 0. The van der Waals surface area contributed by atoms with Gasteiger partial charge in [-0.2, -0.15) is 0 Å². The molecule has 0 aliphatic rings. The molecule has 0 fully saturated rings. The van der Waals surface area contributed by atoms with Gasteiger partial charge in [-0.15, -0.1) is 0 Å². The fourth-order valence-electron chi connectivity index (χ4n) is 1.39. The fourth-order valence-corrected chi connectivity index (χ4v) is 2.89. The van der Waals surface area contributed by atoms with Gasteiger partial charge in [-0.1, -0.05) is 41.9 Å². The van der Waals surface area contributed by atoms with Crippen LogP contribution < -0.4 is 0 Å². The van der Waals surface area contributed by atoms with E-state index in [-0.39, 0.29) is 0 Å². The second-order valence-electron chi connectivity index (χ2n) is 3.08. The lowest BCUT2D eigenvalue weighted by Crippen LogP contribution is -1.86. The zero-order valence-corrected chi connectivity index (χ0v) is 12.7. The Morgan fingerprint density at radius 2 is 1.47 bits per heavy atom. The predicted octanol–water partition coefficient (Wildman–Crippen LogP) is 5.22. The summed E-state index contributed by atoms with van der Waals surface area (Å²) < 4.78 is 2.36. The third kappa shape index (κ3) is 2.47. The maximum atomic E-state index is 6.11. The van der Waals surface area contributed by atoms with Crippen LogP contribution in [0.5, 0.6) is 0 Å². The lowest BCUT2D eigenvalue weighted by molar-refractivity contribution is 1.55. The zero-order chi connectivity index (χ0) is 10.8. The quantitative estimate of drug-likeness (QED) is 0.534. The molecule has 0 heterocycles. The van der Waals surface area contributed by atoms with Crippen molar-refractivity contribution in [1.82, 2.24) is 0 Å². The van der Waals surface area contributed by atoms with Crippen molar-refractivity contribution in [2.75, 3.05) is 0 Å². The molecular formula is C12H7ClI2. The van der Waals surface area contributed by atoms with E-state index in [0.717, 1.165) is 8.59 Å². The first-order chi connectivity index (χ1) is 7.20. The van der Waals surface area contributed by atoms with Crippen LogP contribution in [0.25, 0.3) is 11.1 Å². The van der Waals surface area contributed by atoms with Gasteiger partial charge in [0.2, 0.25) is 0 Å². The highest BCUT2D eigenvalue weighted by Crippen LogP contribution is 2.32. The van der Waals surface area contributed by atoms with E-state index in [9.17, 15) is 0 Å². The number of rotatable bonds is 1. The Morgan fingerprint density at radius 1 is 0.800 bits per heavy atom. The van der Waals surface area contributed by atoms with Gasteiger partial charge < -0.3 is 0 Å². The molecule has 0 spiro atoms. The van der Waals surface area contributed by atoms with Crippen molar-refractivity contribution in [1.29, 1.82) is 0 Å². The largest absolute Gasteiger partial charge is 0.0832 e. The molecule has 0 amide bonds. The Hall–Kier alpha value is 0.190. The van der Waals surface area contributed by atoms with Gasteiger partial charge in [-0.3, -0.25) is 0 Å². The van der Waals surface area contributed by atoms with Crippen molar-refractivity contribution in [2.24, 2.45) is 0 Å². The second-order valence-corrected chi connectivity index (χ2v) is 5.73. The van der Waals surface area contributed by atoms with Crippen LogP contribution in [0.1, 0.15) is 0 Å². The van der Waals surface area contributed by atoms with Gasteiger partial charge >= 0.3 is 0 Å². The molecule has 3 heteroatoms. The van der Waals surface area contributed by atoms with Gasteiger partial charge in [0.25, 0.3) is 0 Å². The molecular weight excluding hydrogens is 433 g/mol. The molecule has 15 heavy (non-hydrogen) atoms. The molecule has 0 aliphatic heterocycles. The van der Waals surface area contributed by atoms with Crippen LogP contribution >= 0.6 is 56.8 Å². The van der Waals surface area contributed by atoms with E-state index in [4.69, 9.17) is 11.6 Å². The van der Waals surface area contributed by atoms with Crippen molar-refractivity contribution >= 4 is 56.8 Å². The van der Waals surface area contributed by atoms with E-state index in [1.165, 1.54) is 14.7 Å². The van der Waals surface area contributed by atoms with E-state index in [2.05, 4.69) is 69.4 Å². The highest BCUT2D eigenvalue weighted by Gasteiger charge is 2.08. The minimum absolute atomic E-state index is 0.813. The van der Waals surface area contributed by atoms with Crippen LogP contribution in [0, 0.1) is 7.14 Å². The number of halogens is 3. The van der Waals surface area contributed by atoms with Crippen molar-refractivity contribution in [3.05, 3.63) is 54.6 Å². The van der Waals surface area contributed by atoms with Crippen LogP contribution in [0.2, 0.25) is 5.02 Å². The fraction of sp³-hybridized carbons (Fsp3) is 0. The monoisotopic (exact) mass is 440 g/mol. The average molecular weight is 440 g/mol. The summed E-state index contributed by atoms with van der Waals surface area (Å²) >= 11 is 10.7. The third-order valence-corrected chi connectivity index (χ3v) is 4.85. The summed E-state index contributed by atoms with van der Waals surface area (Å²) in [5, 5.41) is 0.813. The zero-order valence-electron chi connectivity index (χ0n) is 7.68. The van der Waals surface area contributed by atoms with Crippen LogP contribution in [-0.4, -0.2) is 0 Å². The van der Waals surface area contributed by atoms with Gasteiger partial charge in [0.1, 0.15) is 0 Å². The van der Waals surface area contributed by atoms with Crippen molar-refractivity contribution in [3.8, 4) is 11.1 Å². The summed E-state index contributed by atoms with van der Waals surface area (Å²) in [5.74, 6) is 0. The molecule has 0 nitrogen and oxygen atoms in total. The SMILES string of the molecule is Clc1cccc(-c2ccccc2I)c1I. The van der Waals surface area contributed by atoms with Crippen molar-refractivity contribution in [2.45, 2.75) is 0 Å². The molecule has 0 atom stereocenters. The molecule has 0 unspecified atom stereocenters. The van der Waals surface area contributed by atoms with E-state index in [1.807, 2.05) is 18.2 Å². The smallest absolute Gasteiger partial charge is 0.0545 e. The van der Waals surface area contributed by atoms with Gasteiger partial charge in [0.15, 0.2) is 0 Å². The van der Waals surface area contributed by atoms with Gasteiger partial charge in [0.05, 0.1) is 5.02 Å². The van der Waals surface area contributed by atoms with Crippen LogP contribution in [0.4, 0.5) is 0 Å².